The van der Waals surface area contributed by atoms with Gasteiger partial charge in [0.1, 0.15) is 12.2 Å². The van der Waals surface area contributed by atoms with Crippen molar-refractivity contribution in [2.75, 3.05) is 19.6 Å². The summed E-state index contributed by atoms with van der Waals surface area (Å²) in [5.41, 5.74) is 1.44. The molecule has 146 valence electrons. The Balaban J connectivity index is 1.19. The first kappa shape index (κ1) is 18.6. The zero-order valence-electron chi connectivity index (χ0n) is 16.4. The number of nitrogens with one attached hydrogen (secondary N) is 1. The van der Waals surface area contributed by atoms with Crippen LogP contribution in [0.3, 0.4) is 0 Å². The molecule has 1 aromatic heterocycles. The fourth-order valence-corrected chi connectivity index (χ4v) is 4.59. The second-order valence-corrected chi connectivity index (χ2v) is 8.18. The van der Waals surface area contributed by atoms with Gasteiger partial charge in [-0.3, -0.25) is 0 Å². The van der Waals surface area contributed by atoms with Crippen molar-refractivity contribution < 1.29 is 0 Å². The topological polar surface area (TPSA) is 46.0 Å². The molecule has 2 fully saturated rings. The summed E-state index contributed by atoms with van der Waals surface area (Å²) in [4.78, 5) is 2.61. The van der Waals surface area contributed by atoms with Crippen LogP contribution in [0.25, 0.3) is 0 Å². The molecular formula is C22H33N5. The van der Waals surface area contributed by atoms with Crippen molar-refractivity contribution in [1.82, 2.24) is 25.0 Å². The average molecular weight is 368 g/mol. The summed E-state index contributed by atoms with van der Waals surface area (Å²) >= 11 is 0. The lowest BCUT2D eigenvalue weighted by atomic mass is 9.95. The Kier molecular flexibility index (Phi) is 6.53. The number of aromatic nitrogens is 3. The number of hydrogen-bond acceptors (Lipinski definition) is 4. The predicted molar refractivity (Wildman–Crippen MR) is 109 cm³/mol. The van der Waals surface area contributed by atoms with E-state index in [0.717, 1.165) is 18.8 Å². The molecule has 4 rings (SSSR count). The van der Waals surface area contributed by atoms with Crippen LogP contribution in [0.2, 0.25) is 0 Å². The van der Waals surface area contributed by atoms with Crippen LogP contribution in [0.1, 0.15) is 62.4 Å². The van der Waals surface area contributed by atoms with Crippen LogP contribution in [-0.4, -0.2) is 45.3 Å². The van der Waals surface area contributed by atoms with Gasteiger partial charge in [0.15, 0.2) is 0 Å². The highest BCUT2D eigenvalue weighted by molar-refractivity contribution is 5.14. The number of benzene rings is 1. The zero-order chi connectivity index (χ0) is 18.3. The Hall–Kier alpha value is -1.72. The maximum atomic E-state index is 4.39. The molecule has 0 amide bonds. The molecule has 0 radical (unpaired) electrons. The normalized spacial score (nSPS) is 20.1. The van der Waals surface area contributed by atoms with E-state index in [2.05, 4.69) is 55.3 Å². The Labute approximate surface area is 163 Å². The highest BCUT2D eigenvalue weighted by Gasteiger charge is 2.21. The molecule has 1 aromatic carbocycles. The molecule has 0 spiro atoms. The third-order valence-electron chi connectivity index (χ3n) is 6.31. The third-order valence-corrected chi connectivity index (χ3v) is 6.31. The van der Waals surface area contributed by atoms with E-state index in [0.29, 0.717) is 12.1 Å². The second kappa shape index (κ2) is 9.47. The summed E-state index contributed by atoms with van der Waals surface area (Å²) in [5, 5.41) is 12.3. The van der Waals surface area contributed by atoms with E-state index in [1.807, 2.05) is 6.33 Å². The van der Waals surface area contributed by atoms with Crippen LogP contribution in [0.5, 0.6) is 0 Å². The molecule has 0 unspecified atom stereocenters. The molecule has 1 N–H and O–H groups in total. The Morgan fingerprint density at radius 1 is 0.963 bits per heavy atom. The molecule has 5 heteroatoms. The van der Waals surface area contributed by atoms with Gasteiger partial charge in [-0.05, 0) is 50.8 Å². The first-order valence-electron chi connectivity index (χ1n) is 10.8. The highest BCUT2D eigenvalue weighted by Crippen LogP contribution is 2.28. The number of piperidine rings is 1. The minimum atomic E-state index is 0.606. The number of nitrogens with zero attached hydrogens (tertiary/aromatic N) is 4. The largest absolute Gasteiger partial charge is 0.313 e. The van der Waals surface area contributed by atoms with Crippen molar-refractivity contribution in [3.63, 3.8) is 0 Å². The molecule has 2 aliphatic rings. The van der Waals surface area contributed by atoms with Crippen molar-refractivity contribution >= 4 is 0 Å². The van der Waals surface area contributed by atoms with Gasteiger partial charge in [0.05, 0.1) is 6.54 Å². The number of hydrogen-bond donors (Lipinski definition) is 1. The molecule has 1 saturated carbocycles. The van der Waals surface area contributed by atoms with Crippen molar-refractivity contribution in [2.24, 2.45) is 0 Å². The minimum absolute atomic E-state index is 0.606. The van der Waals surface area contributed by atoms with E-state index >= 15 is 0 Å². The lowest BCUT2D eigenvalue weighted by Gasteiger charge is -2.32. The molecule has 2 aromatic rings. The molecule has 1 saturated heterocycles. The molecule has 27 heavy (non-hydrogen) atoms. The minimum Gasteiger partial charge on any atom is -0.313 e. The van der Waals surface area contributed by atoms with Gasteiger partial charge >= 0.3 is 0 Å². The van der Waals surface area contributed by atoms with Crippen molar-refractivity contribution in [3.05, 3.63) is 48.0 Å². The maximum Gasteiger partial charge on any atom is 0.147 e. The fourth-order valence-electron chi connectivity index (χ4n) is 4.59. The molecule has 5 nitrogen and oxygen atoms in total. The highest BCUT2D eigenvalue weighted by atomic mass is 15.3. The van der Waals surface area contributed by atoms with E-state index in [1.165, 1.54) is 70.1 Å². The van der Waals surface area contributed by atoms with Gasteiger partial charge in [-0.15, -0.1) is 10.2 Å². The molecule has 1 aliphatic carbocycles. The van der Waals surface area contributed by atoms with Crippen molar-refractivity contribution in [3.8, 4) is 0 Å². The lowest BCUT2D eigenvalue weighted by molar-refractivity contribution is 0.198. The summed E-state index contributed by atoms with van der Waals surface area (Å²) in [6, 6.07) is 12.1. The van der Waals surface area contributed by atoms with Crippen LogP contribution >= 0.6 is 0 Å². The van der Waals surface area contributed by atoms with E-state index in [9.17, 15) is 0 Å². The van der Waals surface area contributed by atoms with Crippen molar-refractivity contribution in [2.45, 2.75) is 70.0 Å². The Morgan fingerprint density at radius 3 is 2.52 bits per heavy atom. The first-order chi connectivity index (χ1) is 13.4. The van der Waals surface area contributed by atoms with Crippen LogP contribution in [-0.2, 0) is 13.0 Å². The van der Waals surface area contributed by atoms with Gasteiger partial charge in [0.25, 0.3) is 0 Å². The summed E-state index contributed by atoms with van der Waals surface area (Å²) in [7, 11) is 0. The average Bonchev–Trinajstić information content (AvgIpc) is 3.21. The van der Waals surface area contributed by atoms with E-state index in [4.69, 9.17) is 0 Å². The van der Waals surface area contributed by atoms with Gasteiger partial charge in [0, 0.05) is 18.6 Å². The van der Waals surface area contributed by atoms with Crippen LogP contribution in [0, 0.1) is 0 Å². The van der Waals surface area contributed by atoms with Gasteiger partial charge in [-0.1, -0.05) is 49.6 Å². The summed E-state index contributed by atoms with van der Waals surface area (Å²) < 4.78 is 2.33. The molecular weight excluding hydrogens is 334 g/mol. The summed E-state index contributed by atoms with van der Waals surface area (Å²) in [6.07, 6.45) is 12.2. The molecule has 0 bridgehead atoms. The van der Waals surface area contributed by atoms with Gasteiger partial charge in [-0.2, -0.15) is 0 Å². The molecule has 0 atom stereocenters. The zero-order valence-corrected chi connectivity index (χ0v) is 16.4. The van der Waals surface area contributed by atoms with Gasteiger partial charge < -0.3 is 14.8 Å². The number of rotatable bonds is 7. The fraction of sp³-hybridized carbons (Fsp3) is 0.636. The predicted octanol–water partition coefficient (Wildman–Crippen LogP) is 3.58. The first-order valence-corrected chi connectivity index (χ1v) is 10.8. The number of likely N-dealkylation sites (tertiary alicyclic amines) is 1. The Bertz CT molecular complexity index is 669. The van der Waals surface area contributed by atoms with Crippen LogP contribution < -0.4 is 5.32 Å². The van der Waals surface area contributed by atoms with Gasteiger partial charge in [-0.25, -0.2) is 0 Å². The smallest absolute Gasteiger partial charge is 0.147 e. The van der Waals surface area contributed by atoms with E-state index in [-0.39, 0.29) is 0 Å². The molecule has 2 heterocycles. The quantitative estimate of drug-likeness (QED) is 0.812. The van der Waals surface area contributed by atoms with Gasteiger partial charge in [0.2, 0.25) is 0 Å². The molecule has 1 aliphatic heterocycles. The standard InChI is InChI=1S/C22H33N5/c1-3-7-19(8-4-1)11-14-26-15-12-20(13-16-26)23-17-22-25-24-18-27(22)21-9-5-2-6-10-21/h1,3-4,7-8,18,20-21,23H,2,5-6,9-17H2. The lowest BCUT2D eigenvalue weighted by Crippen LogP contribution is -2.43. The van der Waals surface area contributed by atoms with E-state index in [1.54, 1.807) is 0 Å². The monoisotopic (exact) mass is 367 g/mol. The SMILES string of the molecule is c1ccc(CCN2CCC(NCc3nncn3C3CCCCC3)CC2)cc1. The van der Waals surface area contributed by atoms with Crippen molar-refractivity contribution in [1.29, 1.82) is 0 Å². The Morgan fingerprint density at radius 2 is 1.74 bits per heavy atom. The maximum absolute atomic E-state index is 4.39. The second-order valence-electron chi connectivity index (χ2n) is 8.18. The van der Waals surface area contributed by atoms with Crippen LogP contribution in [0.4, 0.5) is 0 Å². The summed E-state index contributed by atoms with van der Waals surface area (Å²) in [5.74, 6) is 1.12. The third kappa shape index (κ3) is 5.17. The van der Waals surface area contributed by atoms with E-state index < -0.39 is 0 Å². The summed E-state index contributed by atoms with van der Waals surface area (Å²) in [6.45, 7) is 4.41. The van der Waals surface area contributed by atoms with Crippen LogP contribution in [0.15, 0.2) is 36.7 Å².